The van der Waals surface area contributed by atoms with Gasteiger partial charge >= 0.3 is 67.1 Å². The first-order valence-electron chi connectivity index (χ1n) is 2.76. The number of halogens is 1. The van der Waals surface area contributed by atoms with Crippen molar-refractivity contribution in [2.45, 2.75) is 10.1 Å². The van der Waals surface area contributed by atoms with Crippen molar-refractivity contribution in [3.63, 3.8) is 0 Å². The number of hydrogen-bond donors (Lipinski definition) is 3. The summed E-state index contributed by atoms with van der Waals surface area (Å²) in [5.41, 5.74) is 0. The Morgan fingerprint density at radius 3 is 1.70 bits per heavy atom. The van der Waals surface area contributed by atoms with Crippen molar-refractivity contribution in [1.82, 2.24) is 0 Å². The van der Waals surface area contributed by atoms with Crippen molar-refractivity contribution in [3.8, 4) is 0 Å². The van der Waals surface area contributed by atoms with Crippen LogP contribution in [0.15, 0.2) is 0 Å². The first-order chi connectivity index (χ1) is 4.41. The van der Waals surface area contributed by atoms with Crippen LogP contribution >= 0.6 is 23.8 Å². The van der Waals surface area contributed by atoms with Crippen LogP contribution in [0.1, 0.15) is 6.42 Å². The van der Waals surface area contributed by atoms with E-state index in [4.69, 9.17) is 19.2 Å². The van der Waals surface area contributed by atoms with Gasteiger partial charge in [0.1, 0.15) is 0 Å². The molecule has 0 aliphatic heterocycles. The predicted octanol–water partition coefficient (Wildman–Crippen LogP) is 0.430. The van der Waals surface area contributed by atoms with Crippen LogP contribution in [0.25, 0.3) is 0 Å². The maximum absolute atomic E-state index is 8.88. The van der Waals surface area contributed by atoms with Gasteiger partial charge < -0.3 is 14.7 Å². The van der Waals surface area contributed by atoms with Gasteiger partial charge in [0.2, 0.25) is 0 Å². The summed E-state index contributed by atoms with van der Waals surface area (Å²) in [4.78, 5) is 21.6. The normalized spacial score (nSPS) is 10.2. The van der Waals surface area contributed by atoms with Gasteiger partial charge in [-0.05, 0) is 0 Å². The molecule has 0 aromatic heterocycles. The van der Waals surface area contributed by atoms with Crippen molar-refractivity contribution in [2.24, 2.45) is 0 Å². The summed E-state index contributed by atoms with van der Waals surface area (Å²) in [5, 5.41) is 1.19. The summed E-state index contributed by atoms with van der Waals surface area (Å²) < 4.78 is 10.3. The number of rotatable bonds is 2. The molecule has 0 bridgehead atoms. The fourth-order valence-electron chi connectivity index (χ4n) is 0.134. The Bertz CT molecular complexity index is 94.4. The molecule has 0 amide bonds. The molecule has 0 aliphatic rings. The van der Waals surface area contributed by atoms with Crippen LogP contribution in [-0.2, 0) is 4.57 Å². The van der Waals surface area contributed by atoms with Gasteiger partial charge in [0.25, 0.3) is 0 Å². The van der Waals surface area contributed by atoms with E-state index in [1.807, 2.05) is 0 Å². The first kappa shape index (κ1) is 14.1. The zero-order valence-electron chi connectivity index (χ0n) is 5.70. The number of hydrogen-bond acceptors (Lipinski definition) is 1. The zero-order chi connectivity index (χ0) is 8.62. The molecular formula is C3H9BrNaO4P. The van der Waals surface area contributed by atoms with Crippen molar-refractivity contribution < 1.29 is 19.2 Å². The third-order valence-corrected chi connectivity index (χ3v) is 1.76. The van der Waals surface area contributed by atoms with E-state index in [-0.39, 0.29) is 0 Å². The van der Waals surface area contributed by atoms with E-state index in [0.717, 1.165) is 0 Å². The van der Waals surface area contributed by atoms with Crippen LogP contribution in [-0.4, -0.2) is 47.9 Å². The predicted molar refractivity (Wildman–Crippen MR) is 43.2 cm³/mol. The average molecular weight is 243 g/mol. The second-order valence-electron chi connectivity index (χ2n) is 1.56. The third kappa shape index (κ3) is 54.9. The van der Waals surface area contributed by atoms with Gasteiger partial charge in [-0.25, -0.2) is 4.57 Å². The molecule has 0 atom stereocenters. The van der Waals surface area contributed by atoms with Crippen molar-refractivity contribution in [3.05, 3.63) is 0 Å². The Labute approximate surface area is 85.8 Å². The molecular weight excluding hydrogens is 234 g/mol. The summed E-state index contributed by atoms with van der Waals surface area (Å²) in [6.07, 6.45) is 1.37. The first-order valence-corrected chi connectivity index (χ1v) is 6.86. The molecule has 0 spiro atoms. The molecule has 58 valence electrons. The molecule has 0 aliphatic carbocycles. The quantitative estimate of drug-likeness (QED) is 0.373. The van der Waals surface area contributed by atoms with E-state index in [2.05, 4.69) is 15.9 Å². The molecule has 0 rings (SSSR count). The minimum absolute atomic E-state index is 1.19. The van der Waals surface area contributed by atoms with Crippen molar-refractivity contribution >= 4 is 51.7 Å². The van der Waals surface area contributed by atoms with Gasteiger partial charge in [-0.15, -0.1) is 0 Å². The molecule has 7 heteroatoms. The van der Waals surface area contributed by atoms with E-state index in [9.17, 15) is 0 Å². The van der Waals surface area contributed by atoms with Gasteiger partial charge in [-0.3, -0.25) is 0 Å². The van der Waals surface area contributed by atoms with Crippen LogP contribution in [0, 0.1) is 0 Å². The summed E-state index contributed by atoms with van der Waals surface area (Å²) in [6, 6.07) is 0. The molecule has 0 aromatic carbocycles. The molecule has 0 radical (unpaired) electrons. The van der Waals surface area contributed by atoms with Gasteiger partial charge in [0.05, 0.1) is 0 Å². The molecule has 0 fully saturated rings. The topological polar surface area (TPSA) is 77.8 Å². The number of alkyl halides is 1. The van der Waals surface area contributed by atoms with E-state index in [0.29, 0.717) is 0 Å². The summed E-state index contributed by atoms with van der Waals surface area (Å²) in [6.45, 7) is 0. The Balaban J connectivity index is 0. The van der Waals surface area contributed by atoms with Gasteiger partial charge in [-0.2, -0.15) is 0 Å². The summed E-state index contributed by atoms with van der Waals surface area (Å²) >= 11 is 4.70. The minimum atomic E-state index is -4.64. The fraction of sp³-hybridized carbons (Fsp3) is 1.00. The van der Waals surface area contributed by atoms with E-state index < -0.39 is 7.82 Å². The molecule has 0 saturated carbocycles. The Hall–Kier alpha value is 1.59. The third-order valence-electron chi connectivity index (χ3n) is 0.487. The van der Waals surface area contributed by atoms with Crippen LogP contribution < -0.4 is 0 Å². The second kappa shape index (κ2) is 8.68. The molecule has 0 heterocycles. The number of phosphoric acid groups is 1. The van der Waals surface area contributed by atoms with Gasteiger partial charge in [0, 0.05) is 0 Å². The maximum atomic E-state index is 8.88. The Morgan fingerprint density at radius 1 is 1.40 bits per heavy atom. The zero-order valence-corrected chi connectivity index (χ0v) is 10.2. The molecule has 10 heavy (non-hydrogen) atoms. The van der Waals surface area contributed by atoms with Crippen LogP contribution in [0.5, 0.6) is 0 Å². The Morgan fingerprint density at radius 2 is 1.70 bits per heavy atom. The van der Waals surface area contributed by atoms with Gasteiger partial charge in [0.15, 0.2) is 0 Å². The van der Waals surface area contributed by atoms with Crippen LogP contribution in [0.2, 0.25) is 3.67 Å². The second-order valence-corrected chi connectivity index (χ2v) is 4.38. The van der Waals surface area contributed by atoms with Gasteiger partial charge in [-0.1, -0.05) is 0 Å². The van der Waals surface area contributed by atoms with E-state index in [1.165, 1.54) is 43.4 Å². The molecule has 4 nitrogen and oxygen atoms in total. The van der Waals surface area contributed by atoms with Crippen molar-refractivity contribution in [2.75, 3.05) is 5.33 Å². The van der Waals surface area contributed by atoms with E-state index >= 15 is 0 Å². The monoisotopic (exact) mass is 242 g/mol. The molecule has 0 unspecified atom stereocenters. The SMILES string of the molecule is O=P(O)(O)O.[Na][CH2]CCBr. The summed E-state index contributed by atoms with van der Waals surface area (Å²) in [5.74, 6) is 0. The van der Waals surface area contributed by atoms with Crippen LogP contribution in [0.3, 0.4) is 0 Å². The fourth-order valence-corrected chi connectivity index (χ4v) is 2.08. The molecule has 0 saturated heterocycles. The molecule has 0 aromatic rings. The summed E-state index contributed by atoms with van der Waals surface area (Å²) in [7, 11) is -4.64. The molecule has 3 N–H and O–H groups in total. The van der Waals surface area contributed by atoms with Crippen molar-refractivity contribution in [1.29, 1.82) is 0 Å². The van der Waals surface area contributed by atoms with E-state index in [1.54, 1.807) is 0 Å². The van der Waals surface area contributed by atoms with Crippen LogP contribution in [0.4, 0.5) is 0 Å². The average Bonchev–Trinajstić information content (AvgIpc) is 1.63. The standard InChI is InChI=1S/C3H6Br.Na.H3O4P/c1-2-3-4;;1-5(2,3)4/h1-3H2;;(H3,1,2,3,4). The Kier molecular flexibility index (Phi) is 12.3.